The van der Waals surface area contributed by atoms with E-state index in [0.29, 0.717) is 6.42 Å². The summed E-state index contributed by atoms with van der Waals surface area (Å²) >= 11 is 0. The molecule has 0 aromatic heterocycles. The second-order valence-corrected chi connectivity index (χ2v) is 6.59. The molecule has 0 bridgehead atoms. The van der Waals surface area contributed by atoms with E-state index in [1.54, 1.807) is 0 Å². The van der Waals surface area contributed by atoms with Crippen LogP contribution >= 0.6 is 0 Å². The Morgan fingerprint density at radius 3 is 2.11 bits per heavy atom. The number of nitrogens with one attached hydrogen (secondary N) is 1. The molecular formula is C16H27NO. The molecule has 0 spiro atoms. The van der Waals surface area contributed by atoms with Gasteiger partial charge in [0.2, 0.25) is 0 Å². The fourth-order valence-corrected chi connectivity index (χ4v) is 1.94. The van der Waals surface area contributed by atoms with Crippen molar-refractivity contribution in [1.29, 1.82) is 0 Å². The van der Waals surface area contributed by atoms with E-state index in [1.807, 2.05) is 6.92 Å². The zero-order valence-corrected chi connectivity index (χ0v) is 12.4. The molecule has 1 rings (SSSR count). The summed E-state index contributed by atoms with van der Waals surface area (Å²) in [5.74, 6) is 0. The summed E-state index contributed by atoms with van der Waals surface area (Å²) in [6, 6.07) is 8.39. The maximum atomic E-state index is 10.4. The third kappa shape index (κ3) is 6.18. The van der Waals surface area contributed by atoms with Gasteiger partial charge in [-0.05, 0) is 53.1 Å². The van der Waals surface area contributed by atoms with Gasteiger partial charge in [-0.3, -0.25) is 0 Å². The SMILES string of the molecule is Cc1ccc(CC(C)(O)CCNC(C)(C)C)cc1. The molecule has 2 nitrogen and oxygen atoms in total. The van der Waals surface area contributed by atoms with Crippen molar-refractivity contribution in [3.8, 4) is 0 Å². The summed E-state index contributed by atoms with van der Waals surface area (Å²) in [6.07, 6.45) is 1.47. The topological polar surface area (TPSA) is 32.3 Å². The van der Waals surface area contributed by atoms with Gasteiger partial charge in [0.15, 0.2) is 0 Å². The Labute approximate surface area is 111 Å². The number of benzene rings is 1. The van der Waals surface area contributed by atoms with Crippen LogP contribution in [0.25, 0.3) is 0 Å². The third-order valence-corrected chi connectivity index (χ3v) is 3.02. The quantitative estimate of drug-likeness (QED) is 0.840. The summed E-state index contributed by atoms with van der Waals surface area (Å²) < 4.78 is 0. The fraction of sp³-hybridized carbons (Fsp3) is 0.625. The standard InChI is InChI=1S/C16H27NO/c1-13-6-8-14(9-7-13)12-16(5,18)10-11-17-15(2,3)4/h6-9,17-18H,10-12H2,1-5H3. The minimum absolute atomic E-state index is 0.111. The van der Waals surface area contributed by atoms with E-state index in [2.05, 4.69) is 57.3 Å². The highest BCUT2D eigenvalue weighted by molar-refractivity contribution is 5.22. The summed E-state index contributed by atoms with van der Waals surface area (Å²) in [6.45, 7) is 11.2. The molecule has 0 aliphatic rings. The number of aliphatic hydroxyl groups is 1. The van der Waals surface area contributed by atoms with Crippen LogP contribution in [0.3, 0.4) is 0 Å². The van der Waals surface area contributed by atoms with Crippen LogP contribution < -0.4 is 5.32 Å². The molecule has 1 aromatic rings. The highest BCUT2D eigenvalue weighted by Gasteiger charge is 2.21. The first kappa shape index (κ1) is 15.2. The second kappa shape index (κ2) is 5.85. The van der Waals surface area contributed by atoms with E-state index in [0.717, 1.165) is 13.0 Å². The molecular weight excluding hydrogens is 222 g/mol. The van der Waals surface area contributed by atoms with Gasteiger partial charge in [0, 0.05) is 12.0 Å². The zero-order chi connectivity index (χ0) is 13.8. The van der Waals surface area contributed by atoms with Crippen LogP contribution in [0.15, 0.2) is 24.3 Å². The van der Waals surface area contributed by atoms with Gasteiger partial charge in [-0.25, -0.2) is 0 Å². The number of hydrogen-bond acceptors (Lipinski definition) is 2. The molecule has 2 heteroatoms. The lowest BCUT2D eigenvalue weighted by atomic mass is 9.92. The van der Waals surface area contributed by atoms with E-state index in [-0.39, 0.29) is 5.54 Å². The number of rotatable bonds is 5. The molecule has 0 radical (unpaired) electrons. The van der Waals surface area contributed by atoms with Gasteiger partial charge < -0.3 is 10.4 Å². The Hall–Kier alpha value is -0.860. The lowest BCUT2D eigenvalue weighted by molar-refractivity contribution is 0.0499. The molecule has 0 amide bonds. The van der Waals surface area contributed by atoms with Crippen molar-refractivity contribution in [2.24, 2.45) is 0 Å². The molecule has 102 valence electrons. The van der Waals surface area contributed by atoms with Crippen LogP contribution in [0.4, 0.5) is 0 Å². The van der Waals surface area contributed by atoms with Gasteiger partial charge in [-0.15, -0.1) is 0 Å². The van der Waals surface area contributed by atoms with Crippen molar-refractivity contribution in [3.05, 3.63) is 35.4 Å². The van der Waals surface area contributed by atoms with Gasteiger partial charge in [0.1, 0.15) is 0 Å². The molecule has 1 unspecified atom stereocenters. The Bertz CT molecular complexity index is 360. The van der Waals surface area contributed by atoms with Crippen LogP contribution in [0.2, 0.25) is 0 Å². The van der Waals surface area contributed by atoms with E-state index in [9.17, 15) is 5.11 Å². The third-order valence-electron chi connectivity index (χ3n) is 3.02. The summed E-state index contributed by atoms with van der Waals surface area (Å²) in [5.41, 5.74) is 1.92. The van der Waals surface area contributed by atoms with Crippen molar-refractivity contribution >= 4 is 0 Å². The second-order valence-electron chi connectivity index (χ2n) is 6.59. The van der Waals surface area contributed by atoms with E-state index >= 15 is 0 Å². The van der Waals surface area contributed by atoms with E-state index in [4.69, 9.17) is 0 Å². The van der Waals surface area contributed by atoms with Gasteiger partial charge >= 0.3 is 0 Å². The van der Waals surface area contributed by atoms with Gasteiger partial charge in [-0.1, -0.05) is 29.8 Å². The largest absolute Gasteiger partial charge is 0.390 e. The molecule has 0 fully saturated rings. The van der Waals surface area contributed by atoms with Gasteiger partial charge in [-0.2, -0.15) is 0 Å². The Morgan fingerprint density at radius 2 is 1.61 bits per heavy atom. The van der Waals surface area contributed by atoms with Crippen molar-refractivity contribution < 1.29 is 5.11 Å². The molecule has 1 atom stereocenters. The first-order chi connectivity index (χ1) is 8.18. The van der Waals surface area contributed by atoms with Crippen LogP contribution in [-0.2, 0) is 6.42 Å². The number of aryl methyl sites for hydroxylation is 1. The minimum Gasteiger partial charge on any atom is -0.390 e. The van der Waals surface area contributed by atoms with E-state index < -0.39 is 5.60 Å². The van der Waals surface area contributed by atoms with Crippen molar-refractivity contribution in [2.45, 2.75) is 58.6 Å². The molecule has 2 N–H and O–H groups in total. The van der Waals surface area contributed by atoms with Crippen LogP contribution in [0, 0.1) is 6.92 Å². The summed E-state index contributed by atoms with van der Waals surface area (Å²) in [5, 5.41) is 13.8. The van der Waals surface area contributed by atoms with Crippen molar-refractivity contribution in [2.75, 3.05) is 6.54 Å². The van der Waals surface area contributed by atoms with Gasteiger partial charge in [0.05, 0.1) is 5.60 Å². The maximum Gasteiger partial charge on any atom is 0.0672 e. The summed E-state index contributed by atoms with van der Waals surface area (Å²) in [7, 11) is 0. The highest BCUT2D eigenvalue weighted by atomic mass is 16.3. The first-order valence-electron chi connectivity index (χ1n) is 6.71. The van der Waals surface area contributed by atoms with Crippen molar-refractivity contribution in [1.82, 2.24) is 5.32 Å². The van der Waals surface area contributed by atoms with Crippen LogP contribution in [0.5, 0.6) is 0 Å². The zero-order valence-electron chi connectivity index (χ0n) is 12.4. The smallest absolute Gasteiger partial charge is 0.0672 e. The molecule has 1 aromatic carbocycles. The predicted molar refractivity (Wildman–Crippen MR) is 77.9 cm³/mol. The Kier molecular flexibility index (Phi) is 4.94. The van der Waals surface area contributed by atoms with Crippen LogP contribution in [-0.4, -0.2) is 22.8 Å². The van der Waals surface area contributed by atoms with E-state index in [1.165, 1.54) is 11.1 Å². The van der Waals surface area contributed by atoms with Gasteiger partial charge in [0.25, 0.3) is 0 Å². The molecule has 0 heterocycles. The monoisotopic (exact) mass is 249 g/mol. The number of hydrogen-bond donors (Lipinski definition) is 2. The molecule has 0 aliphatic carbocycles. The average molecular weight is 249 g/mol. The Balaban J connectivity index is 2.46. The average Bonchev–Trinajstić information content (AvgIpc) is 2.18. The molecule has 0 aliphatic heterocycles. The molecule has 0 saturated carbocycles. The predicted octanol–water partition coefficient (Wildman–Crippen LogP) is 3.07. The fourth-order valence-electron chi connectivity index (χ4n) is 1.94. The normalized spacial score (nSPS) is 15.4. The lowest BCUT2D eigenvalue weighted by Crippen LogP contribution is -2.40. The Morgan fingerprint density at radius 1 is 1.06 bits per heavy atom. The first-order valence-corrected chi connectivity index (χ1v) is 6.71. The maximum absolute atomic E-state index is 10.4. The highest BCUT2D eigenvalue weighted by Crippen LogP contribution is 2.17. The van der Waals surface area contributed by atoms with Crippen LogP contribution in [0.1, 0.15) is 45.2 Å². The summed E-state index contributed by atoms with van der Waals surface area (Å²) in [4.78, 5) is 0. The lowest BCUT2D eigenvalue weighted by Gasteiger charge is -2.27. The molecule has 0 saturated heterocycles. The minimum atomic E-state index is -0.645. The molecule has 18 heavy (non-hydrogen) atoms. The van der Waals surface area contributed by atoms with Crippen molar-refractivity contribution in [3.63, 3.8) is 0 Å².